The van der Waals surface area contributed by atoms with Crippen molar-refractivity contribution in [2.45, 2.75) is 33.3 Å². The third kappa shape index (κ3) is 4.98. The van der Waals surface area contributed by atoms with Crippen molar-refractivity contribution in [1.29, 1.82) is 0 Å². The minimum Gasteiger partial charge on any atom is -0.507 e. The summed E-state index contributed by atoms with van der Waals surface area (Å²) in [6.07, 6.45) is -1.80. The molecule has 4 aromatic carbocycles. The molecule has 1 aliphatic rings. The van der Waals surface area contributed by atoms with E-state index in [0.29, 0.717) is 4.90 Å². The second-order valence-corrected chi connectivity index (χ2v) is 10.9. The van der Waals surface area contributed by atoms with Crippen LogP contribution in [0.2, 0.25) is 0 Å². The standard InChI is InChI=1S/C28H20N2O8S2.CH4/c29-23-17(39-15-7-3-1-5-11(15)27(35)36)9-13(31)19-21(23)26(34)22-20(25(19)33)14(32)10-18(24(22)30)40-16-8-4-2-6-12(16)28(37)38;/h1-10,27,31-32,35-36H,29-30H2,(H,37,38);1H4. The van der Waals surface area contributed by atoms with Gasteiger partial charge in [-0.15, -0.1) is 0 Å². The number of aliphatic hydroxyl groups is 2. The van der Waals surface area contributed by atoms with Crippen molar-refractivity contribution in [3.05, 3.63) is 94.0 Å². The first-order chi connectivity index (χ1) is 19.0. The Morgan fingerprint density at radius 2 is 1.12 bits per heavy atom. The summed E-state index contributed by atoms with van der Waals surface area (Å²) in [6.45, 7) is 0. The first-order valence-corrected chi connectivity index (χ1v) is 13.2. The molecule has 4 aromatic rings. The van der Waals surface area contributed by atoms with Crippen molar-refractivity contribution in [2.75, 3.05) is 11.5 Å². The summed E-state index contributed by atoms with van der Waals surface area (Å²) in [4.78, 5) is 39.9. The average Bonchev–Trinajstić information content (AvgIpc) is 2.91. The Morgan fingerprint density at radius 1 is 0.683 bits per heavy atom. The van der Waals surface area contributed by atoms with Gasteiger partial charge < -0.3 is 37.0 Å². The molecule has 0 saturated heterocycles. The second kappa shape index (κ2) is 11.2. The molecule has 210 valence electrons. The number of rotatable bonds is 6. The maximum atomic E-state index is 13.8. The highest BCUT2D eigenvalue weighted by atomic mass is 32.2. The van der Waals surface area contributed by atoms with Gasteiger partial charge >= 0.3 is 5.97 Å². The van der Waals surface area contributed by atoms with Crippen molar-refractivity contribution in [2.24, 2.45) is 0 Å². The third-order valence-corrected chi connectivity index (χ3v) is 8.56. The highest BCUT2D eigenvalue weighted by Crippen LogP contribution is 2.49. The second-order valence-electron chi connectivity index (χ2n) is 8.69. The number of phenols is 2. The van der Waals surface area contributed by atoms with E-state index in [1.165, 1.54) is 24.3 Å². The maximum Gasteiger partial charge on any atom is 0.336 e. The number of nitrogens with two attached hydrogens (primary N) is 2. The normalized spacial score (nSPS) is 12.1. The van der Waals surface area contributed by atoms with Crippen molar-refractivity contribution in [1.82, 2.24) is 0 Å². The van der Waals surface area contributed by atoms with Gasteiger partial charge in [0.05, 0.1) is 39.2 Å². The Hall–Kier alpha value is -4.49. The highest BCUT2D eigenvalue weighted by molar-refractivity contribution is 7.99. The molecule has 9 N–H and O–H groups in total. The van der Waals surface area contributed by atoms with Gasteiger partial charge in [0, 0.05) is 25.1 Å². The predicted octanol–water partition coefficient (Wildman–Crippen LogP) is 4.66. The van der Waals surface area contributed by atoms with E-state index in [-0.39, 0.29) is 55.7 Å². The van der Waals surface area contributed by atoms with Crippen molar-refractivity contribution in [3.8, 4) is 11.5 Å². The Bertz CT molecular complexity index is 1750. The quantitative estimate of drug-likeness (QED) is 0.0817. The molecule has 0 atom stereocenters. The average molecular weight is 593 g/mol. The Kier molecular flexibility index (Phi) is 8.04. The molecule has 1 aliphatic carbocycles. The van der Waals surface area contributed by atoms with E-state index in [1.807, 2.05) is 0 Å². The van der Waals surface area contributed by atoms with Gasteiger partial charge in [-0.05, 0) is 30.3 Å². The molecule has 5 rings (SSSR count). The summed E-state index contributed by atoms with van der Waals surface area (Å²) in [6, 6.07) is 14.8. The van der Waals surface area contributed by atoms with Crippen LogP contribution < -0.4 is 11.5 Å². The minimum atomic E-state index is -1.80. The van der Waals surface area contributed by atoms with Gasteiger partial charge in [0.15, 0.2) is 12.1 Å². The fourth-order valence-corrected chi connectivity index (χ4v) is 6.52. The highest BCUT2D eigenvalue weighted by Gasteiger charge is 2.39. The molecule has 10 nitrogen and oxygen atoms in total. The van der Waals surface area contributed by atoms with Gasteiger partial charge in [0.2, 0.25) is 5.78 Å². The summed E-state index contributed by atoms with van der Waals surface area (Å²) < 4.78 is 0. The van der Waals surface area contributed by atoms with E-state index in [2.05, 4.69) is 0 Å². The molecule has 0 unspecified atom stereocenters. The number of phenolic OH excluding ortho intramolecular Hbond substituents is 2. The van der Waals surface area contributed by atoms with Crippen LogP contribution in [0.5, 0.6) is 11.5 Å². The molecular formula is C29H24N2O8S2. The van der Waals surface area contributed by atoms with Crippen LogP contribution in [0.4, 0.5) is 11.4 Å². The molecule has 0 saturated carbocycles. The molecule has 0 heterocycles. The largest absolute Gasteiger partial charge is 0.507 e. The predicted molar refractivity (Wildman–Crippen MR) is 154 cm³/mol. The zero-order valence-electron chi connectivity index (χ0n) is 20.3. The monoisotopic (exact) mass is 592 g/mol. The van der Waals surface area contributed by atoms with Gasteiger partial charge in [-0.2, -0.15) is 0 Å². The number of carboxylic acids is 1. The Balaban J connectivity index is 0.00000387. The lowest BCUT2D eigenvalue weighted by atomic mass is 9.81. The topological polar surface area (TPSA) is 204 Å². The van der Waals surface area contributed by atoms with E-state index < -0.39 is 46.5 Å². The number of aromatic carboxylic acids is 1. The van der Waals surface area contributed by atoms with Gasteiger partial charge in [-0.25, -0.2) is 4.79 Å². The van der Waals surface area contributed by atoms with Crippen LogP contribution in [0.1, 0.15) is 61.5 Å². The molecule has 0 aliphatic heterocycles. The van der Waals surface area contributed by atoms with Crippen molar-refractivity contribution >= 4 is 52.4 Å². The number of fused-ring (bicyclic) bond motifs is 2. The molecule has 0 bridgehead atoms. The minimum absolute atomic E-state index is 0. The first-order valence-electron chi connectivity index (χ1n) is 11.5. The fourth-order valence-electron chi connectivity index (χ4n) is 4.43. The Morgan fingerprint density at radius 3 is 1.63 bits per heavy atom. The summed E-state index contributed by atoms with van der Waals surface area (Å²) in [5.41, 5.74) is 11.1. The number of benzene rings is 4. The lowest BCUT2D eigenvalue weighted by Crippen LogP contribution is -2.24. The number of nitrogen functional groups attached to an aromatic ring is 2. The number of hydrogen-bond donors (Lipinski definition) is 7. The van der Waals surface area contributed by atoms with Crippen molar-refractivity contribution in [3.63, 3.8) is 0 Å². The van der Waals surface area contributed by atoms with E-state index in [1.54, 1.807) is 30.3 Å². The summed E-state index contributed by atoms with van der Waals surface area (Å²) in [5.74, 6) is -4.02. The molecule has 0 aromatic heterocycles. The first kappa shape index (κ1) is 29.5. The Labute approximate surface area is 242 Å². The number of carboxylic acid groups (broad SMARTS) is 1. The van der Waals surface area contributed by atoms with Crippen LogP contribution in [0.3, 0.4) is 0 Å². The number of carbonyl (C=O) groups is 3. The zero-order valence-corrected chi connectivity index (χ0v) is 21.9. The van der Waals surface area contributed by atoms with E-state index in [9.17, 15) is 39.9 Å². The van der Waals surface area contributed by atoms with Crippen LogP contribution in [0.25, 0.3) is 0 Å². The fraction of sp³-hybridized carbons (Fsp3) is 0.0690. The summed E-state index contributed by atoms with van der Waals surface area (Å²) >= 11 is 1.84. The summed E-state index contributed by atoms with van der Waals surface area (Å²) in [7, 11) is 0. The molecule has 0 radical (unpaired) electrons. The van der Waals surface area contributed by atoms with Crippen LogP contribution in [0, 0.1) is 0 Å². The summed E-state index contributed by atoms with van der Waals surface area (Å²) in [5, 5.41) is 50.6. The molecule has 0 amide bonds. The molecule has 0 spiro atoms. The van der Waals surface area contributed by atoms with Crippen LogP contribution >= 0.6 is 23.5 Å². The molecule has 0 fully saturated rings. The number of carbonyl (C=O) groups excluding carboxylic acids is 2. The maximum absolute atomic E-state index is 13.8. The lowest BCUT2D eigenvalue weighted by Gasteiger charge is -2.24. The molecule has 41 heavy (non-hydrogen) atoms. The third-order valence-electron chi connectivity index (χ3n) is 6.28. The number of aliphatic hydroxyl groups excluding tert-OH is 1. The number of aromatic hydroxyl groups is 2. The van der Waals surface area contributed by atoms with Crippen LogP contribution in [-0.2, 0) is 0 Å². The number of hydrogen-bond acceptors (Lipinski definition) is 11. The number of anilines is 2. The molecule has 12 heteroatoms. The van der Waals surface area contributed by atoms with Gasteiger partial charge in [0.25, 0.3) is 0 Å². The van der Waals surface area contributed by atoms with Crippen LogP contribution in [0.15, 0.2) is 80.2 Å². The van der Waals surface area contributed by atoms with E-state index >= 15 is 0 Å². The van der Waals surface area contributed by atoms with Crippen LogP contribution in [-0.4, -0.2) is 43.1 Å². The SMILES string of the molecule is C.Nc1c(Sc2ccccc2C(=O)O)cc(O)c2c1C(=O)c1c(N)c(Sc3ccccc3C(O)O)cc(O)c1C2=O. The number of ketones is 2. The smallest absolute Gasteiger partial charge is 0.336 e. The lowest BCUT2D eigenvalue weighted by molar-refractivity contribution is -0.0445. The van der Waals surface area contributed by atoms with E-state index in [0.717, 1.165) is 29.6 Å². The van der Waals surface area contributed by atoms with Gasteiger partial charge in [0.1, 0.15) is 11.5 Å². The van der Waals surface area contributed by atoms with Gasteiger partial charge in [-0.3, -0.25) is 9.59 Å². The van der Waals surface area contributed by atoms with Gasteiger partial charge in [-0.1, -0.05) is 61.3 Å². The zero-order chi connectivity index (χ0) is 28.9. The molecular weight excluding hydrogens is 568 g/mol. The van der Waals surface area contributed by atoms with Crippen molar-refractivity contribution < 1.29 is 39.9 Å². The van der Waals surface area contributed by atoms with E-state index in [4.69, 9.17) is 11.5 Å².